The number of hydrogen-bond donors (Lipinski definition) is 2. The number of nitrogens with one attached hydrogen (secondary N) is 2. The first-order chi connectivity index (χ1) is 15.4. The van der Waals surface area contributed by atoms with E-state index < -0.39 is 0 Å². The van der Waals surface area contributed by atoms with Gasteiger partial charge in [0.2, 0.25) is 5.91 Å². The summed E-state index contributed by atoms with van der Waals surface area (Å²) in [5.41, 5.74) is 1.11. The standard InChI is InChI=1S/C25H41N5O2.HI/c1-19-13-15-30(16-14-19)22-9-7-21(8-10-22)28-25(27-18-24(31)29(2)3)26-17-20-5-11-23(32-4)12-6-20;/h5-6,11-12,19,21-22H,7-10,13-18H2,1-4H3,(H2,26,27,28);1H. The Kier molecular flexibility index (Phi) is 11.7. The van der Waals surface area contributed by atoms with E-state index >= 15 is 0 Å². The van der Waals surface area contributed by atoms with Gasteiger partial charge in [-0.3, -0.25) is 4.79 Å². The van der Waals surface area contributed by atoms with Crippen LogP contribution in [0.2, 0.25) is 0 Å². The molecule has 1 saturated heterocycles. The lowest BCUT2D eigenvalue weighted by atomic mass is 9.88. The second-order valence-corrected chi connectivity index (χ2v) is 9.52. The Balaban J connectivity index is 0.00000385. The zero-order valence-electron chi connectivity index (χ0n) is 20.7. The summed E-state index contributed by atoms with van der Waals surface area (Å²) in [5.74, 6) is 2.47. The molecule has 33 heavy (non-hydrogen) atoms. The molecule has 0 unspecified atom stereocenters. The van der Waals surface area contributed by atoms with E-state index in [-0.39, 0.29) is 36.4 Å². The van der Waals surface area contributed by atoms with E-state index in [2.05, 4.69) is 22.5 Å². The highest BCUT2D eigenvalue weighted by Gasteiger charge is 2.28. The van der Waals surface area contributed by atoms with E-state index in [1.807, 2.05) is 24.3 Å². The summed E-state index contributed by atoms with van der Waals surface area (Å²) < 4.78 is 5.23. The van der Waals surface area contributed by atoms with E-state index in [4.69, 9.17) is 9.73 Å². The van der Waals surface area contributed by atoms with Gasteiger partial charge < -0.3 is 25.2 Å². The van der Waals surface area contributed by atoms with Crippen LogP contribution in [-0.2, 0) is 11.3 Å². The van der Waals surface area contributed by atoms with Crippen LogP contribution >= 0.6 is 24.0 Å². The number of halogens is 1. The predicted molar refractivity (Wildman–Crippen MR) is 145 cm³/mol. The van der Waals surface area contributed by atoms with Crippen LogP contribution in [-0.4, -0.2) is 74.6 Å². The lowest BCUT2D eigenvalue weighted by molar-refractivity contribution is -0.127. The third-order valence-electron chi connectivity index (χ3n) is 6.86. The number of guanidine groups is 1. The predicted octanol–water partition coefficient (Wildman–Crippen LogP) is 3.48. The van der Waals surface area contributed by atoms with Gasteiger partial charge in [-0.05, 0) is 75.2 Å². The summed E-state index contributed by atoms with van der Waals surface area (Å²) in [5, 5.41) is 6.83. The molecule has 186 valence electrons. The molecule has 2 fully saturated rings. The van der Waals surface area contributed by atoms with E-state index in [9.17, 15) is 4.79 Å². The van der Waals surface area contributed by atoms with Crippen molar-refractivity contribution in [1.29, 1.82) is 0 Å². The second kappa shape index (κ2) is 14.0. The van der Waals surface area contributed by atoms with Crippen molar-refractivity contribution in [2.75, 3.05) is 40.8 Å². The van der Waals surface area contributed by atoms with Crippen molar-refractivity contribution in [1.82, 2.24) is 20.4 Å². The number of benzene rings is 1. The number of hydrogen-bond acceptors (Lipinski definition) is 4. The molecule has 0 spiro atoms. The molecule has 2 aliphatic rings. The fraction of sp³-hybridized carbons (Fsp3) is 0.680. The highest BCUT2D eigenvalue weighted by molar-refractivity contribution is 14.0. The molecule has 1 saturated carbocycles. The van der Waals surface area contributed by atoms with Gasteiger partial charge in [0.05, 0.1) is 20.2 Å². The number of aliphatic imine (C=N–C) groups is 1. The number of rotatable bonds is 7. The summed E-state index contributed by atoms with van der Waals surface area (Å²) in [6.45, 7) is 5.68. The Hall–Kier alpha value is -1.55. The van der Waals surface area contributed by atoms with E-state index in [0.29, 0.717) is 18.5 Å². The number of methoxy groups -OCH3 is 1. The smallest absolute Gasteiger partial charge is 0.241 e. The molecular weight excluding hydrogens is 529 g/mol. The molecular formula is C25H42IN5O2. The summed E-state index contributed by atoms with van der Waals surface area (Å²) >= 11 is 0. The second-order valence-electron chi connectivity index (χ2n) is 9.52. The largest absolute Gasteiger partial charge is 0.497 e. The van der Waals surface area contributed by atoms with Crippen LogP contribution in [0.25, 0.3) is 0 Å². The highest BCUT2D eigenvalue weighted by Crippen LogP contribution is 2.27. The fourth-order valence-corrected chi connectivity index (χ4v) is 4.54. The highest BCUT2D eigenvalue weighted by atomic mass is 127. The molecule has 0 bridgehead atoms. The molecule has 1 aliphatic carbocycles. The Morgan fingerprint density at radius 1 is 1.09 bits per heavy atom. The van der Waals surface area contributed by atoms with Gasteiger partial charge in [-0.15, -0.1) is 24.0 Å². The Morgan fingerprint density at radius 2 is 1.73 bits per heavy atom. The van der Waals surface area contributed by atoms with Crippen LogP contribution in [0.3, 0.4) is 0 Å². The summed E-state index contributed by atoms with van der Waals surface area (Å²) in [4.78, 5) is 21.2. The molecule has 2 N–H and O–H groups in total. The molecule has 0 aromatic heterocycles. The number of amides is 1. The van der Waals surface area contributed by atoms with Gasteiger partial charge in [0.15, 0.2) is 5.96 Å². The summed E-state index contributed by atoms with van der Waals surface area (Å²) in [7, 11) is 5.21. The number of piperidine rings is 1. The quantitative estimate of drug-likeness (QED) is 0.298. The minimum absolute atomic E-state index is 0. The number of ether oxygens (including phenoxy) is 1. The summed E-state index contributed by atoms with van der Waals surface area (Å²) in [6, 6.07) is 9.06. The number of nitrogens with zero attached hydrogens (tertiary/aromatic N) is 3. The van der Waals surface area contributed by atoms with Crippen molar-refractivity contribution < 1.29 is 9.53 Å². The van der Waals surface area contributed by atoms with Crippen molar-refractivity contribution in [2.45, 2.75) is 64.1 Å². The maximum absolute atomic E-state index is 12.1. The van der Waals surface area contributed by atoms with Gasteiger partial charge >= 0.3 is 0 Å². The first kappa shape index (κ1) is 27.7. The lowest BCUT2D eigenvalue weighted by Crippen LogP contribution is -2.50. The molecule has 0 atom stereocenters. The van der Waals surface area contributed by atoms with Gasteiger partial charge in [0.25, 0.3) is 0 Å². The van der Waals surface area contributed by atoms with Crippen molar-refractivity contribution in [2.24, 2.45) is 10.9 Å². The first-order valence-electron chi connectivity index (χ1n) is 12.1. The molecule has 1 amide bonds. The number of likely N-dealkylation sites (tertiary alicyclic amines) is 1. The van der Waals surface area contributed by atoms with Crippen LogP contribution < -0.4 is 15.4 Å². The first-order valence-corrected chi connectivity index (χ1v) is 12.1. The van der Waals surface area contributed by atoms with Crippen LogP contribution in [0, 0.1) is 5.92 Å². The number of carbonyl (C=O) groups excluding carboxylic acids is 1. The van der Waals surface area contributed by atoms with Crippen LogP contribution in [0.1, 0.15) is 51.0 Å². The molecule has 1 aliphatic heterocycles. The van der Waals surface area contributed by atoms with E-state index in [0.717, 1.165) is 36.1 Å². The van der Waals surface area contributed by atoms with Crippen LogP contribution in [0.15, 0.2) is 29.3 Å². The van der Waals surface area contributed by atoms with Crippen molar-refractivity contribution >= 4 is 35.8 Å². The van der Waals surface area contributed by atoms with Crippen molar-refractivity contribution in [3.63, 3.8) is 0 Å². The lowest BCUT2D eigenvalue weighted by Gasteiger charge is -2.40. The number of carbonyl (C=O) groups is 1. The normalized spacial score (nSPS) is 22.2. The van der Waals surface area contributed by atoms with E-state index in [1.165, 1.54) is 38.8 Å². The van der Waals surface area contributed by atoms with Gasteiger partial charge in [-0.25, -0.2) is 4.99 Å². The minimum atomic E-state index is 0. The molecule has 1 heterocycles. The SMILES string of the molecule is COc1ccc(CN=C(NCC(=O)N(C)C)NC2CCC(N3CCC(C)CC3)CC2)cc1.I. The topological polar surface area (TPSA) is 69.2 Å². The number of likely N-dealkylation sites (N-methyl/N-ethyl adjacent to an activating group) is 1. The Morgan fingerprint density at radius 3 is 2.30 bits per heavy atom. The van der Waals surface area contributed by atoms with Gasteiger partial charge in [-0.1, -0.05) is 19.1 Å². The minimum Gasteiger partial charge on any atom is -0.497 e. The third kappa shape index (κ3) is 8.96. The average molecular weight is 572 g/mol. The Labute approximate surface area is 216 Å². The molecule has 7 nitrogen and oxygen atoms in total. The van der Waals surface area contributed by atoms with Gasteiger partial charge in [0.1, 0.15) is 5.75 Å². The molecule has 8 heteroatoms. The zero-order chi connectivity index (χ0) is 22.9. The Bertz CT molecular complexity index is 740. The monoisotopic (exact) mass is 571 g/mol. The molecule has 1 aromatic carbocycles. The maximum Gasteiger partial charge on any atom is 0.241 e. The molecule has 0 radical (unpaired) electrons. The van der Waals surface area contributed by atoms with Gasteiger partial charge in [0, 0.05) is 26.2 Å². The van der Waals surface area contributed by atoms with Crippen LogP contribution in [0.5, 0.6) is 5.75 Å². The van der Waals surface area contributed by atoms with Crippen molar-refractivity contribution in [3.8, 4) is 5.75 Å². The molecule has 1 aromatic rings. The average Bonchev–Trinajstić information content (AvgIpc) is 2.82. The zero-order valence-corrected chi connectivity index (χ0v) is 23.0. The van der Waals surface area contributed by atoms with E-state index in [1.54, 1.807) is 26.1 Å². The third-order valence-corrected chi connectivity index (χ3v) is 6.86. The maximum atomic E-state index is 12.1. The van der Waals surface area contributed by atoms with Crippen LogP contribution in [0.4, 0.5) is 0 Å². The molecule has 3 rings (SSSR count). The summed E-state index contributed by atoms with van der Waals surface area (Å²) in [6.07, 6.45) is 7.42. The van der Waals surface area contributed by atoms with Gasteiger partial charge in [-0.2, -0.15) is 0 Å². The van der Waals surface area contributed by atoms with Crippen molar-refractivity contribution in [3.05, 3.63) is 29.8 Å². The fourth-order valence-electron chi connectivity index (χ4n) is 4.54.